The molecule has 344 valence electrons. The Morgan fingerprint density at radius 3 is 1.19 bits per heavy atom. The second-order valence-corrected chi connectivity index (χ2v) is 20.2. The minimum Gasteiger partial charge on any atom is -0.310 e. The van der Waals surface area contributed by atoms with Crippen molar-refractivity contribution in [2.45, 2.75) is 10.8 Å². The second kappa shape index (κ2) is 15.5. The van der Waals surface area contributed by atoms with Crippen LogP contribution in [0.25, 0.3) is 55.3 Å². The van der Waals surface area contributed by atoms with Crippen molar-refractivity contribution in [3.05, 3.63) is 324 Å². The van der Waals surface area contributed by atoms with Gasteiger partial charge >= 0.3 is 0 Å². The fourth-order valence-corrected chi connectivity index (χ4v) is 14.2. The molecule has 2 nitrogen and oxygen atoms in total. The quantitative estimate of drug-likeness (QED) is 0.164. The van der Waals surface area contributed by atoms with Gasteiger partial charge in [-0.1, -0.05) is 218 Å². The van der Waals surface area contributed by atoms with E-state index >= 15 is 0 Å². The van der Waals surface area contributed by atoms with E-state index in [9.17, 15) is 0 Å². The summed E-state index contributed by atoms with van der Waals surface area (Å²) in [7, 11) is 0. The van der Waals surface area contributed by atoms with Crippen LogP contribution < -0.4 is 9.80 Å². The van der Waals surface area contributed by atoms with Gasteiger partial charge in [0.2, 0.25) is 0 Å². The second-order valence-electron chi connectivity index (χ2n) is 20.2. The maximum atomic E-state index is 2.65. The minimum atomic E-state index is -0.718. The Morgan fingerprint density at radius 1 is 0.230 bits per heavy atom. The third kappa shape index (κ3) is 5.28. The first-order valence-electron chi connectivity index (χ1n) is 25.8. The lowest BCUT2D eigenvalue weighted by Crippen LogP contribution is -2.30. The summed E-state index contributed by atoms with van der Waals surface area (Å²) in [5.41, 5.74) is 26.2. The van der Waals surface area contributed by atoms with E-state index in [0.717, 1.165) is 28.4 Å². The van der Waals surface area contributed by atoms with E-state index in [2.05, 4.69) is 289 Å². The highest BCUT2D eigenvalue weighted by Gasteiger charge is 2.56. The standard InChI is InChI=1S/C72H46N2/c1-4-24-48(25-5-1)73(49-26-6-2-7-27-49)51-43-44-57-55-33-14-19-39-62(55)72(65(57)46-51)64-41-21-16-35-59(64)68-52-30-11-10-23-47(52)45-67(70(68)72)74(50-28-8-3-9-29-50)66-42-22-36-58-56-34-15-20-40-63(56)71(69(58)66)60-37-17-12-31-53(60)54-32-13-18-38-61(54)71/h1-46H. The van der Waals surface area contributed by atoms with Crippen LogP contribution >= 0.6 is 0 Å². The summed E-state index contributed by atoms with van der Waals surface area (Å²) in [4.78, 5) is 5.07. The molecule has 0 N–H and O–H groups in total. The van der Waals surface area contributed by atoms with Gasteiger partial charge in [-0.25, -0.2) is 0 Å². The molecular formula is C72H46N2. The van der Waals surface area contributed by atoms with Crippen molar-refractivity contribution in [3.8, 4) is 44.5 Å². The highest BCUT2D eigenvalue weighted by molar-refractivity contribution is 6.11. The van der Waals surface area contributed by atoms with E-state index in [4.69, 9.17) is 0 Å². The van der Waals surface area contributed by atoms with Gasteiger partial charge in [0.15, 0.2) is 0 Å². The van der Waals surface area contributed by atoms with Crippen LogP contribution in [0.3, 0.4) is 0 Å². The Labute approximate surface area is 431 Å². The first kappa shape index (κ1) is 41.2. The zero-order chi connectivity index (χ0) is 48.5. The van der Waals surface area contributed by atoms with Gasteiger partial charge in [-0.05, 0) is 149 Å². The monoisotopic (exact) mass is 938 g/mol. The van der Waals surface area contributed by atoms with Crippen LogP contribution in [0.4, 0.5) is 34.1 Å². The molecule has 0 aliphatic heterocycles. The molecule has 0 radical (unpaired) electrons. The van der Waals surface area contributed by atoms with E-state index in [1.807, 2.05) is 0 Å². The van der Waals surface area contributed by atoms with Gasteiger partial charge in [-0.2, -0.15) is 0 Å². The highest BCUT2D eigenvalue weighted by atomic mass is 15.2. The molecule has 0 fully saturated rings. The number of nitrogens with zero attached hydrogens (tertiary/aromatic N) is 2. The van der Waals surface area contributed by atoms with Gasteiger partial charge in [-0.15, -0.1) is 0 Å². The maximum Gasteiger partial charge on any atom is 0.0747 e. The van der Waals surface area contributed by atoms with Gasteiger partial charge in [0.05, 0.1) is 22.2 Å². The molecule has 74 heavy (non-hydrogen) atoms. The fourth-order valence-electron chi connectivity index (χ4n) is 14.2. The molecule has 0 aromatic heterocycles. The third-order valence-electron chi connectivity index (χ3n) is 16.8. The highest BCUT2D eigenvalue weighted by Crippen LogP contribution is 2.69. The number of hydrogen-bond donors (Lipinski definition) is 0. The van der Waals surface area contributed by atoms with E-state index in [1.165, 1.54) is 105 Å². The van der Waals surface area contributed by atoms with Crippen molar-refractivity contribution in [2.24, 2.45) is 0 Å². The Morgan fingerprint density at radius 2 is 0.635 bits per heavy atom. The van der Waals surface area contributed by atoms with Crippen molar-refractivity contribution in [1.29, 1.82) is 0 Å². The van der Waals surface area contributed by atoms with Crippen molar-refractivity contribution in [1.82, 2.24) is 0 Å². The number of rotatable bonds is 6. The molecule has 0 saturated heterocycles. The van der Waals surface area contributed by atoms with Crippen LogP contribution in [-0.2, 0) is 10.8 Å². The van der Waals surface area contributed by atoms with Gasteiger partial charge in [-0.3, -0.25) is 0 Å². The molecule has 2 spiro atoms. The van der Waals surface area contributed by atoms with Crippen LogP contribution in [0, 0.1) is 0 Å². The maximum absolute atomic E-state index is 2.65. The van der Waals surface area contributed by atoms with Crippen LogP contribution in [-0.4, -0.2) is 0 Å². The molecule has 4 aliphatic carbocycles. The third-order valence-corrected chi connectivity index (χ3v) is 16.8. The molecule has 12 aromatic rings. The lowest BCUT2D eigenvalue weighted by Gasteiger charge is -2.39. The predicted octanol–water partition coefficient (Wildman–Crippen LogP) is 18.5. The number of para-hydroxylation sites is 3. The number of anilines is 6. The SMILES string of the molecule is c1ccc(N(c2ccccc2)c2ccc3c(c2)C2(c4ccccc4-3)c3ccccc3-c3c2c(N(c2ccccc2)c2cccc4c2C2(c5ccccc5-c5ccccc52)c2ccccc2-4)cc2ccccc32)cc1. The first-order valence-corrected chi connectivity index (χ1v) is 25.8. The smallest absolute Gasteiger partial charge is 0.0747 e. The average Bonchev–Trinajstić information content (AvgIpc) is 4.16. The van der Waals surface area contributed by atoms with E-state index in [1.54, 1.807) is 0 Å². The summed E-state index contributed by atoms with van der Waals surface area (Å²) >= 11 is 0. The molecule has 0 amide bonds. The Hall–Kier alpha value is -9.50. The van der Waals surface area contributed by atoms with Gasteiger partial charge in [0, 0.05) is 33.9 Å². The van der Waals surface area contributed by atoms with Crippen molar-refractivity contribution < 1.29 is 0 Å². The summed E-state index contributed by atoms with van der Waals surface area (Å²) in [5, 5.41) is 2.46. The molecule has 16 rings (SSSR count). The summed E-state index contributed by atoms with van der Waals surface area (Å²) < 4.78 is 0. The number of hydrogen-bond acceptors (Lipinski definition) is 2. The van der Waals surface area contributed by atoms with Crippen molar-refractivity contribution in [2.75, 3.05) is 9.80 Å². The van der Waals surface area contributed by atoms with Crippen LogP contribution in [0.1, 0.15) is 44.5 Å². The summed E-state index contributed by atoms with van der Waals surface area (Å²) in [6.07, 6.45) is 0. The number of benzene rings is 12. The molecule has 1 unspecified atom stereocenters. The molecule has 4 aliphatic rings. The molecule has 1 atom stereocenters. The van der Waals surface area contributed by atoms with Gasteiger partial charge in [0.25, 0.3) is 0 Å². The van der Waals surface area contributed by atoms with Gasteiger partial charge < -0.3 is 9.80 Å². The molecule has 2 heteroatoms. The minimum absolute atomic E-state index is 0.580. The predicted molar refractivity (Wildman–Crippen MR) is 306 cm³/mol. The Bertz CT molecular complexity index is 4170. The zero-order valence-corrected chi connectivity index (χ0v) is 40.5. The largest absolute Gasteiger partial charge is 0.310 e. The topological polar surface area (TPSA) is 6.48 Å². The normalized spacial score (nSPS) is 15.2. The Kier molecular flexibility index (Phi) is 8.62. The molecule has 0 bridgehead atoms. The molecule has 0 saturated carbocycles. The lowest BCUT2D eigenvalue weighted by atomic mass is 9.69. The van der Waals surface area contributed by atoms with Crippen LogP contribution in [0.5, 0.6) is 0 Å². The molecular weight excluding hydrogens is 893 g/mol. The van der Waals surface area contributed by atoms with E-state index in [-0.39, 0.29) is 0 Å². The summed E-state index contributed by atoms with van der Waals surface area (Å²) in [6, 6.07) is 105. The van der Waals surface area contributed by atoms with Crippen molar-refractivity contribution in [3.63, 3.8) is 0 Å². The molecule has 12 aromatic carbocycles. The fraction of sp³-hybridized carbons (Fsp3) is 0.0278. The van der Waals surface area contributed by atoms with E-state index in [0.29, 0.717) is 0 Å². The van der Waals surface area contributed by atoms with Crippen LogP contribution in [0.2, 0.25) is 0 Å². The summed E-state index contributed by atoms with van der Waals surface area (Å²) in [5.74, 6) is 0. The van der Waals surface area contributed by atoms with Crippen LogP contribution in [0.15, 0.2) is 279 Å². The van der Waals surface area contributed by atoms with E-state index < -0.39 is 10.8 Å². The lowest BCUT2D eigenvalue weighted by molar-refractivity contribution is 0.786. The van der Waals surface area contributed by atoms with Crippen molar-refractivity contribution >= 4 is 44.9 Å². The molecule has 0 heterocycles. The summed E-state index contributed by atoms with van der Waals surface area (Å²) in [6.45, 7) is 0. The first-order chi connectivity index (χ1) is 36.8. The average molecular weight is 939 g/mol. The Balaban J connectivity index is 1.06. The number of fused-ring (bicyclic) bond motifs is 22. The van der Waals surface area contributed by atoms with Gasteiger partial charge in [0.1, 0.15) is 0 Å². The zero-order valence-electron chi connectivity index (χ0n) is 40.5.